The minimum Gasteiger partial charge on any atom is -0.485 e. The normalized spacial score (nSPS) is 20.6. The summed E-state index contributed by atoms with van der Waals surface area (Å²) in [6, 6.07) is 10.7. The zero-order valence-electron chi connectivity index (χ0n) is 19.8. The van der Waals surface area contributed by atoms with Gasteiger partial charge >= 0.3 is 0 Å². The van der Waals surface area contributed by atoms with E-state index < -0.39 is 26.1 Å². The summed E-state index contributed by atoms with van der Waals surface area (Å²) in [5.41, 5.74) is 1.28. The minimum atomic E-state index is -2.21. The average molecular weight is 453 g/mol. The lowest BCUT2D eigenvalue weighted by Gasteiger charge is -2.50. The fraction of sp³-hybridized carbons (Fsp3) is 0.458. The summed E-state index contributed by atoms with van der Waals surface area (Å²) in [6.45, 7) is 15.0. The maximum Gasteiger partial charge on any atom is 0.192 e. The predicted molar refractivity (Wildman–Crippen MR) is 126 cm³/mol. The van der Waals surface area contributed by atoms with Gasteiger partial charge in [0.1, 0.15) is 17.5 Å². The third-order valence-electron chi connectivity index (χ3n) is 6.39. The molecule has 32 heavy (non-hydrogen) atoms. The van der Waals surface area contributed by atoms with Gasteiger partial charge < -0.3 is 19.7 Å². The molecule has 0 saturated carbocycles. The van der Waals surface area contributed by atoms with Gasteiger partial charge in [0.05, 0.1) is 17.7 Å². The van der Waals surface area contributed by atoms with Crippen LogP contribution in [0.2, 0.25) is 18.1 Å². The van der Waals surface area contributed by atoms with Gasteiger partial charge in [-0.3, -0.25) is 4.98 Å². The van der Waals surface area contributed by atoms with Crippen LogP contribution in [0.25, 0.3) is 0 Å². The van der Waals surface area contributed by atoms with Crippen molar-refractivity contribution >= 4 is 14.2 Å². The number of benzene rings is 1. The highest BCUT2D eigenvalue weighted by Gasteiger charge is 2.50. The van der Waals surface area contributed by atoms with E-state index in [4.69, 9.17) is 9.16 Å². The van der Waals surface area contributed by atoms with Gasteiger partial charge in [0.25, 0.3) is 0 Å². The highest BCUT2D eigenvalue weighted by Crippen LogP contribution is 2.46. The van der Waals surface area contributed by atoms with E-state index in [0.29, 0.717) is 16.9 Å². The molecule has 8 heteroatoms. The van der Waals surface area contributed by atoms with Crippen molar-refractivity contribution in [3.8, 4) is 11.8 Å². The Hall–Kier alpha value is -2.89. The third kappa shape index (κ3) is 4.64. The van der Waals surface area contributed by atoms with Crippen molar-refractivity contribution in [2.75, 3.05) is 0 Å². The van der Waals surface area contributed by atoms with Gasteiger partial charge in [-0.05, 0) is 62.3 Å². The quantitative estimate of drug-likeness (QED) is 0.223. The van der Waals surface area contributed by atoms with Crippen molar-refractivity contribution in [2.45, 2.75) is 70.5 Å². The Bertz CT molecular complexity index is 1040. The van der Waals surface area contributed by atoms with Gasteiger partial charge in [-0.2, -0.15) is 5.26 Å². The standard InChI is InChI=1S/C24H32N4O3Si/c1-23(2,3)32(6,7)31-21-20(27-22(28-29)17-9-8-12-26-15-17)18-13-16(14-25)10-11-19(18)30-24(21,4)5/h8-13,15,20-21,29H,1-7H3,(H,27,28)/t20-,21+/m0/s1. The fourth-order valence-corrected chi connectivity index (χ4v) is 4.95. The third-order valence-corrected chi connectivity index (χ3v) is 10.8. The van der Waals surface area contributed by atoms with Crippen molar-refractivity contribution < 1.29 is 14.4 Å². The van der Waals surface area contributed by atoms with Crippen LogP contribution in [0.1, 0.15) is 57.4 Å². The first-order valence-electron chi connectivity index (χ1n) is 10.7. The van der Waals surface area contributed by atoms with E-state index in [1.807, 2.05) is 32.0 Å². The molecule has 1 aromatic carbocycles. The van der Waals surface area contributed by atoms with Crippen LogP contribution in [0.3, 0.4) is 0 Å². The van der Waals surface area contributed by atoms with Crippen LogP contribution < -0.4 is 10.1 Å². The summed E-state index contributed by atoms with van der Waals surface area (Å²) in [6.07, 6.45) is 2.88. The molecule has 0 aliphatic carbocycles. The van der Waals surface area contributed by atoms with Crippen molar-refractivity contribution in [2.24, 2.45) is 5.16 Å². The number of rotatable bonds is 4. The van der Waals surface area contributed by atoms with Gasteiger partial charge in [0, 0.05) is 23.5 Å². The second-order valence-electron chi connectivity index (χ2n) is 10.2. The molecule has 1 aliphatic heterocycles. The first-order chi connectivity index (χ1) is 14.9. The van der Waals surface area contributed by atoms with Gasteiger partial charge in [-0.15, -0.1) is 0 Å². The summed E-state index contributed by atoms with van der Waals surface area (Å²) >= 11 is 0. The van der Waals surface area contributed by atoms with Gasteiger partial charge in [0.15, 0.2) is 14.2 Å². The fourth-order valence-electron chi connectivity index (χ4n) is 3.54. The highest BCUT2D eigenvalue weighted by molar-refractivity contribution is 6.74. The van der Waals surface area contributed by atoms with E-state index >= 15 is 0 Å². The van der Waals surface area contributed by atoms with Crippen molar-refractivity contribution in [3.63, 3.8) is 0 Å². The van der Waals surface area contributed by atoms with Gasteiger partial charge in [-0.25, -0.2) is 0 Å². The number of amidine groups is 1. The summed E-state index contributed by atoms with van der Waals surface area (Å²) in [4.78, 5) is 4.13. The number of pyridine rings is 1. The second kappa shape index (κ2) is 8.56. The molecule has 1 aliphatic rings. The van der Waals surface area contributed by atoms with Crippen molar-refractivity contribution in [1.29, 1.82) is 5.26 Å². The van der Waals surface area contributed by atoms with Crippen LogP contribution in [0.4, 0.5) is 0 Å². The Morgan fingerprint density at radius 1 is 1.31 bits per heavy atom. The topological polar surface area (TPSA) is 99.8 Å². The zero-order valence-corrected chi connectivity index (χ0v) is 20.8. The van der Waals surface area contributed by atoms with Crippen molar-refractivity contribution in [1.82, 2.24) is 10.3 Å². The molecule has 2 atom stereocenters. The van der Waals surface area contributed by atoms with Crippen LogP contribution in [-0.2, 0) is 4.43 Å². The van der Waals surface area contributed by atoms with E-state index in [0.717, 1.165) is 5.56 Å². The molecule has 170 valence electrons. The van der Waals surface area contributed by atoms with E-state index in [1.165, 1.54) is 0 Å². The summed E-state index contributed by atoms with van der Waals surface area (Å²) in [7, 11) is -2.21. The molecule has 1 aromatic heterocycles. The molecule has 0 spiro atoms. The number of oxime groups is 1. The number of nitrogens with one attached hydrogen (secondary N) is 1. The minimum absolute atomic E-state index is 0.0142. The molecule has 2 N–H and O–H groups in total. The second-order valence-corrected chi connectivity index (χ2v) is 14.9. The Labute approximate surface area is 191 Å². The number of nitrogens with zero attached hydrogens (tertiary/aromatic N) is 3. The largest absolute Gasteiger partial charge is 0.485 e. The van der Waals surface area contributed by atoms with Crippen LogP contribution >= 0.6 is 0 Å². The lowest BCUT2D eigenvalue weighted by atomic mass is 9.85. The maximum absolute atomic E-state index is 9.82. The molecule has 0 bridgehead atoms. The van der Waals surface area contributed by atoms with E-state index in [1.54, 1.807) is 24.5 Å². The van der Waals surface area contributed by atoms with Crippen LogP contribution in [0, 0.1) is 11.3 Å². The maximum atomic E-state index is 9.82. The zero-order chi connectivity index (χ0) is 23.7. The molecular formula is C24H32N4O3Si. The molecule has 7 nitrogen and oxygen atoms in total. The lowest BCUT2D eigenvalue weighted by Crippen LogP contribution is -2.59. The SMILES string of the molecule is CC1(C)Oc2ccc(C#N)cc2[C@H](N/C(=N/O)c2cccnc2)[C@H]1O[Si](C)(C)C(C)(C)C. The molecule has 0 amide bonds. The number of aromatic nitrogens is 1. The Balaban J connectivity index is 2.13. The molecule has 0 fully saturated rings. The molecule has 0 radical (unpaired) electrons. The molecule has 0 saturated heterocycles. The Morgan fingerprint density at radius 3 is 2.59 bits per heavy atom. The number of hydrogen-bond donors (Lipinski definition) is 2. The summed E-state index contributed by atoms with van der Waals surface area (Å²) in [5.74, 6) is 0.947. The van der Waals surface area contributed by atoms with Crippen LogP contribution in [0.15, 0.2) is 47.9 Å². The average Bonchev–Trinajstić information content (AvgIpc) is 2.73. The smallest absolute Gasteiger partial charge is 0.192 e. The highest BCUT2D eigenvalue weighted by atomic mass is 28.4. The molecule has 2 aromatic rings. The Morgan fingerprint density at radius 2 is 2.03 bits per heavy atom. The first kappa shape index (κ1) is 23.8. The Kier molecular flexibility index (Phi) is 6.36. The first-order valence-corrected chi connectivity index (χ1v) is 13.6. The lowest BCUT2D eigenvalue weighted by molar-refractivity contribution is -0.0533. The van der Waals surface area contributed by atoms with Crippen LogP contribution in [0.5, 0.6) is 5.75 Å². The molecule has 0 unspecified atom stereocenters. The van der Waals surface area contributed by atoms with E-state index in [2.05, 4.69) is 55.4 Å². The number of ether oxygens (including phenoxy) is 1. The number of hydrogen-bond acceptors (Lipinski definition) is 6. The molecule has 2 heterocycles. The van der Waals surface area contributed by atoms with Crippen LogP contribution in [-0.4, -0.2) is 36.0 Å². The summed E-state index contributed by atoms with van der Waals surface area (Å²) in [5, 5.41) is 26.2. The summed E-state index contributed by atoms with van der Waals surface area (Å²) < 4.78 is 13.3. The van der Waals surface area contributed by atoms with Gasteiger partial charge in [0.2, 0.25) is 0 Å². The number of fused-ring (bicyclic) bond motifs is 1. The number of nitriles is 1. The predicted octanol–water partition coefficient (Wildman–Crippen LogP) is 4.98. The van der Waals surface area contributed by atoms with E-state index in [-0.39, 0.29) is 10.9 Å². The van der Waals surface area contributed by atoms with Gasteiger partial charge in [-0.1, -0.05) is 25.9 Å². The molecule has 3 rings (SSSR count). The van der Waals surface area contributed by atoms with E-state index in [9.17, 15) is 10.5 Å². The van der Waals surface area contributed by atoms with Crippen molar-refractivity contribution in [3.05, 3.63) is 59.4 Å². The molecular weight excluding hydrogens is 420 g/mol. The monoisotopic (exact) mass is 452 g/mol.